The predicted molar refractivity (Wildman–Crippen MR) is 90.3 cm³/mol. The van der Waals surface area contributed by atoms with Crippen LogP contribution in [-0.4, -0.2) is 37.9 Å². The quantitative estimate of drug-likeness (QED) is 0.739. The van der Waals surface area contributed by atoms with Gasteiger partial charge in [0.2, 0.25) is 11.7 Å². The molecule has 3 aromatic rings. The molecule has 1 aliphatic rings. The summed E-state index contributed by atoms with van der Waals surface area (Å²) in [6, 6.07) is 9.96. The highest BCUT2D eigenvalue weighted by Crippen LogP contribution is 2.28. The van der Waals surface area contributed by atoms with Crippen molar-refractivity contribution in [2.45, 2.75) is 25.8 Å². The van der Waals surface area contributed by atoms with Gasteiger partial charge in [-0.2, -0.15) is 10.1 Å². The van der Waals surface area contributed by atoms with Crippen LogP contribution in [0.3, 0.4) is 0 Å². The molecular weight excluding hydrogens is 302 g/mol. The maximum Gasteiger partial charge on any atom is 0.231 e. The van der Waals surface area contributed by atoms with E-state index in [9.17, 15) is 0 Å². The van der Waals surface area contributed by atoms with E-state index in [4.69, 9.17) is 4.52 Å². The normalized spacial score (nSPS) is 18.3. The van der Waals surface area contributed by atoms with Crippen molar-refractivity contribution in [3.8, 4) is 11.4 Å². The van der Waals surface area contributed by atoms with Gasteiger partial charge in [-0.1, -0.05) is 35.5 Å². The van der Waals surface area contributed by atoms with E-state index in [2.05, 4.69) is 33.3 Å². The van der Waals surface area contributed by atoms with Crippen LogP contribution >= 0.6 is 0 Å². The summed E-state index contributed by atoms with van der Waals surface area (Å²) in [6.07, 6.45) is 3.15. The summed E-state index contributed by atoms with van der Waals surface area (Å²) in [4.78, 5) is 7.04. The van der Waals surface area contributed by atoms with Gasteiger partial charge in [-0.15, -0.1) is 0 Å². The second-order valence-corrected chi connectivity index (χ2v) is 6.46. The van der Waals surface area contributed by atoms with Crippen LogP contribution in [0.4, 0.5) is 0 Å². The lowest BCUT2D eigenvalue weighted by Gasteiger charge is -2.14. The Labute approximate surface area is 141 Å². The second kappa shape index (κ2) is 6.20. The molecule has 0 unspecified atom stereocenters. The van der Waals surface area contributed by atoms with Gasteiger partial charge in [-0.25, -0.2) is 0 Å². The van der Waals surface area contributed by atoms with Crippen LogP contribution in [0.1, 0.15) is 29.5 Å². The monoisotopic (exact) mass is 323 g/mol. The van der Waals surface area contributed by atoms with Gasteiger partial charge in [-0.05, 0) is 19.9 Å². The Kier molecular flexibility index (Phi) is 3.90. The van der Waals surface area contributed by atoms with E-state index < -0.39 is 0 Å². The topological polar surface area (TPSA) is 60.0 Å². The Morgan fingerprint density at radius 1 is 1.25 bits per heavy atom. The molecule has 6 heteroatoms. The van der Waals surface area contributed by atoms with Crippen molar-refractivity contribution in [2.75, 3.05) is 13.1 Å². The van der Waals surface area contributed by atoms with Crippen molar-refractivity contribution in [2.24, 2.45) is 7.05 Å². The summed E-state index contributed by atoms with van der Waals surface area (Å²) in [5.41, 5.74) is 3.38. The van der Waals surface area contributed by atoms with Crippen LogP contribution in [0.25, 0.3) is 11.4 Å². The van der Waals surface area contributed by atoms with Crippen molar-refractivity contribution in [1.82, 2.24) is 24.8 Å². The maximum absolute atomic E-state index is 5.53. The van der Waals surface area contributed by atoms with Gasteiger partial charge in [0.05, 0.1) is 11.6 Å². The van der Waals surface area contributed by atoms with Crippen molar-refractivity contribution in [3.63, 3.8) is 0 Å². The molecule has 124 valence electrons. The molecule has 6 nitrogen and oxygen atoms in total. The standard InChI is InChI=1S/C18H21N5O/c1-13-16(10-22(2)20-13)12-23-9-8-15(11-23)18-19-17(21-24-18)14-6-4-3-5-7-14/h3-7,10,15H,8-9,11-12H2,1-2H3/t15-/m1/s1. The van der Waals surface area contributed by atoms with Gasteiger partial charge >= 0.3 is 0 Å². The van der Waals surface area contributed by atoms with Gasteiger partial charge in [-0.3, -0.25) is 9.58 Å². The SMILES string of the molecule is Cc1nn(C)cc1CN1CC[C@@H](c2nc(-c3ccccc3)no2)C1. The van der Waals surface area contributed by atoms with E-state index in [1.807, 2.05) is 42.1 Å². The minimum atomic E-state index is 0.312. The molecule has 24 heavy (non-hydrogen) atoms. The number of likely N-dealkylation sites (tertiary alicyclic amines) is 1. The predicted octanol–water partition coefficient (Wildman–Crippen LogP) is 2.77. The molecule has 2 aromatic heterocycles. The van der Waals surface area contributed by atoms with Gasteiger partial charge < -0.3 is 4.52 Å². The molecule has 0 spiro atoms. The molecule has 0 saturated carbocycles. The van der Waals surface area contributed by atoms with E-state index in [1.165, 1.54) is 5.56 Å². The van der Waals surface area contributed by atoms with E-state index >= 15 is 0 Å². The molecule has 1 aliphatic heterocycles. The minimum absolute atomic E-state index is 0.312. The Morgan fingerprint density at radius 3 is 2.83 bits per heavy atom. The molecule has 4 rings (SSSR count). The van der Waals surface area contributed by atoms with Crippen LogP contribution in [0.2, 0.25) is 0 Å². The smallest absolute Gasteiger partial charge is 0.231 e. The minimum Gasteiger partial charge on any atom is -0.339 e. The number of aryl methyl sites for hydroxylation is 2. The highest BCUT2D eigenvalue weighted by Gasteiger charge is 2.29. The number of nitrogens with zero attached hydrogens (tertiary/aromatic N) is 5. The molecule has 1 atom stereocenters. The average Bonchev–Trinajstić information content (AvgIpc) is 3.29. The number of hydrogen-bond acceptors (Lipinski definition) is 5. The Morgan fingerprint density at radius 2 is 2.08 bits per heavy atom. The van der Waals surface area contributed by atoms with Crippen LogP contribution in [0.15, 0.2) is 41.1 Å². The molecule has 0 radical (unpaired) electrons. The van der Waals surface area contributed by atoms with Crippen LogP contribution in [0, 0.1) is 6.92 Å². The van der Waals surface area contributed by atoms with E-state index in [0.717, 1.165) is 43.2 Å². The zero-order valence-electron chi connectivity index (χ0n) is 14.0. The van der Waals surface area contributed by atoms with Crippen LogP contribution < -0.4 is 0 Å². The Bertz CT molecular complexity index is 823. The molecule has 0 bridgehead atoms. The van der Waals surface area contributed by atoms with E-state index in [-0.39, 0.29) is 0 Å². The van der Waals surface area contributed by atoms with Crippen molar-refractivity contribution in [3.05, 3.63) is 53.7 Å². The number of rotatable bonds is 4. The zero-order chi connectivity index (χ0) is 16.5. The maximum atomic E-state index is 5.53. The summed E-state index contributed by atoms with van der Waals surface area (Å²) < 4.78 is 7.40. The number of hydrogen-bond donors (Lipinski definition) is 0. The summed E-state index contributed by atoms with van der Waals surface area (Å²) in [5.74, 6) is 1.73. The van der Waals surface area contributed by atoms with Gasteiger partial charge in [0.1, 0.15) is 0 Å². The van der Waals surface area contributed by atoms with Crippen molar-refractivity contribution < 1.29 is 4.52 Å². The molecule has 0 amide bonds. The first-order chi connectivity index (χ1) is 11.7. The summed E-state index contributed by atoms with van der Waals surface area (Å²) in [5, 5.41) is 8.56. The third kappa shape index (κ3) is 2.97. The average molecular weight is 323 g/mol. The van der Waals surface area contributed by atoms with E-state index in [0.29, 0.717) is 11.7 Å². The van der Waals surface area contributed by atoms with Gasteiger partial charge in [0.25, 0.3) is 0 Å². The molecule has 1 saturated heterocycles. The molecule has 3 heterocycles. The fourth-order valence-electron chi connectivity index (χ4n) is 3.33. The third-order valence-corrected chi connectivity index (χ3v) is 4.60. The fraction of sp³-hybridized carbons (Fsp3) is 0.389. The highest BCUT2D eigenvalue weighted by molar-refractivity contribution is 5.53. The fourth-order valence-corrected chi connectivity index (χ4v) is 3.33. The van der Waals surface area contributed by atoms with Crippen LogP contribution in [0.5, 0.6) is 0 Å². The molecule has 0 aliphatic carbocycles. The summed E-state index contributed by atoms with van der Waals surface area (Å²) >= 11 is 0. The lowest BCUT2D eigenvalue weighted by Crippen LogP contribution is -2.20. The summed E-state index contributed by atoms with van der Waals surface area (Å²) in [6.45, 7) is 4.98. The lowest BCUT2D eigenvalue weighted by atomic mass is 10.1. The lowest BCUT2D eigenvalue weighted by molar-refractivity contribution is 0.308. The second-order valence-electron chi connectivity index (χ2n) is 6.46. The Balaban J connectivity index is 1.44. The number of benzene rings is 1. The number of aromatic nitrogens is 4. The van der Waals surface area contributed by atoms with Crippen molar-refractivity contribution in [1.29, 1.82) is 0 Å². The van der Waals surface area contributed by atoms with Crippen molar-refractivity contribution >= 4 is 0 Å². The Hall–Kier alpha value is -2.47. The first-order valence-electron chi connectivity index (χ1n) is 8.29. The summed E-state index contributed by atoms with van der Waals surface area (Å²) in [7, 11) is 1.97. The van der Waals surface area contributed by atoms with Gasteiger partial charge in [0.15, 0.2) is 0 Å². The first kappa shape index (κ1) is 15.1. The van der Waals surface area contributed by atoms with Gasteiger partial charge in [0, 0.05) is 37.5 Å². The third-order valence-electron chi connectivity index (χ3n) is 4.60. The first-order valence-corrected chi connectivity index (χ1v) is 8.29. The molecular formula is C18H21N5O. The zero-order valence-corrected chi connectivity index (χ0v) is 14.0. The van der Waals surface area contributed by atoms with E-state index in [1.54, 1.807) is 0 Å². The highest BCUT2D eigenvalue weighted by atomic mass is 16.5. The molecule has 0 N–H and O–H groups in total. The molecule has 1 aromatic carbocycles. The molecule has 1 fully saturated rings. The largest absolute Gasteiger partial charge is 0.339 e. The van der Waals surface area contributed by atoms with Crippen LogP contribution in [-0.2, 0) is 13.6 Å².